The van der Waals surface area contributed by atoms with Gasteiger partial charge in [0.05, 0.1) is 17.9 Å². The second kappa shape index (κ2) is 8.15. The topological polar surface area (TPSA) is 72.8 Å². The number of carboxylic acid groups (broad SMARTS) is 1. The number of ether oxygens (including phenoxy) is 2. The quantitative estimate of drug-likeness (QED) is 0.775. The molecule has 1 saturated heterocycles. The van der Waals surface area contributed by atoms with Crippen molar-refractivity contribution in [2.24, 2.45) is 11.8 Å². The highest BCUT2D eigenvalue weighted by Gasteiger charge is 2.59. The third kappa shape index (κ3) is 3.54. The van der Waals surface area contributed by atoms with Gasteiger partial charge < -0.3 is 14.6 Å². The molecule has 28 heavy (non-hydrogen) atoms. The van der Waals surface area contributed by atoms with E-state index in [-0.39, 0.29) is 18.7 Å². The highest BCUT2D eigenvalue weighted by Crippen LogP contribution is 2.58. The van der Waals surface area contributed by atoms with Crippen molar-refractivity contribution in [2.75, 3.05) is 13.2 Å². The van der Waals surface area contributed by atoms with Crippen LogP contribution >= 0.6 is 0 Å². The van der Waals surface area contributed by atoms with E-state index in [0.29, 0.717) is 6.61 Å². The summed E-state index contributed by atoms with van der Waals surface area (Å²) in [5.74, 6) is -3.21. The maximum atomic E-state index is 13.0. The molecule has 1 saturated carbocycles. The molecule has 1 aliphatic carbocycles. The molecule has 5 nitrogen and oxygen atoms in total. The lowest BCUT2D eigenvalue weighted by atomic mass is 9.52. The van der Waals surface area contributed by atoms with Crippen molar-refractivity contribution in [3.8, 4) is 0 Å². The number of hydrogen-bond donors (Lipinski definition) is 1. The van der Waals surface area contributed by atoms with Crippen molar-refractivity contribution in [2.45, 2.75) is 30.8 Å². The molecule has 2 aliphatic rings. The Morgan fingerprint density at radius 2 is 1.50 bits per heavy atom. The molecule has 1 aliphatic heterocycles. The van der Waals surface area contributed by atoms with E-state index in [1.165, 1.54) is 0 Å². The molecule has 2 fully saturated rings. The first-order chi connectivity index (χ1) is 13.7. The number of carboxylic acids is 1. The van der Waals surface area contributed by atoms with E-state index >= 15 is 0 Å². The van der Waals surface area contributed by atoms with Gasteiger partial charge in [0.2, 0.25) is 0 Å². The second-order valence-electron chi connectivity index (χ2n) is 7.53. The minimum Gasteiger partial charge on any atom is -0.481 e. The van der Waals surface area contributed by atoms with Crippen LogP contribution in [0.4, 0.5) is 0 Å². The number of carbonyl (C=O) groups excluding carboxylic acids is 1. The van der Waals surface area contributed by atoms with E-state index < -0.39 is 29.6 Å². The van der Waals surface area contributed by atoms with Crippen LogP contribution in [0.1, 0.15) is 35.8 Å². The third-order valence-corrected chi connectivity index (χ3v) is 5.91. The van der Waals surface area contributed by atoms with E-state index in [2.05, 4.69) is 0 Å². The average molecular weight is 380 g/mol. The van der Waals surface area contributed by atoms with Crippen molar-refractivity contribution in [1.29, 1.82) is 0 Å². The Balaban J connectivity index is 1.62. The molecule has 1 heterocycles. The van der Waals surface area contributed by atoms with Gasteiger partial charge in [-0.15, -0.1) is 0 Å². The summed E-state index contributed by atoms with van der Waals surface area (Å²) >= 11 is 0. The van der Waals surface area contributed by atoms with Gasteiger partial charge in [0.1, 0.15) is 6.61 Å². The fourth-order valence-corrected chi connectivity index (χ4v) is 4.58. The van der Waals surface area contributed by atoms with E-state index in [9.17, 15) is 14.7 Å². The lowest BCUT2D eigenvalue weighted by Gasteiger charge is -2.49. The predicted molar refractivity (Wildman–Crippen MR) is 103 cm³/mol. The molecule has 146 valence electrons. The van der Waals surface area contributed by atoms with Gasteiger partial charge in [0.15, 0.2) is 0 Å². The van der Waals surface area contributed by atoms with Crippen LogP contribution in [0.5, 0.6) is 0 Å². The number of hydrogen-bond acceptors (Lipinski definition) is 4. The molecule has 5 heteroatoms. The summed E-state index contributed by atoms with van der Waals surface area (Å²) in [6.07, 6.45) is 1.82. The normalized spacial score (nSPS) is 29.1. The van der Waals surface area contributed by atoms with Crippen molar-refractivity contribution < 1.29 is 24.2 Å². The Labute approximate surface area is 164 Å². The Kier molecular flexibility index (Phi) is 5.44. The first-order valence-corrected chi connectivity index (χ1v) is 9.77. The summed E-state index contributed by atoms with van der Waals surface area (Å²) in [7, 11) is 0. The van der Waals surface area contributed by atoms with Crippen LogP contribution in [0.3, 0.4) is 0 Å². The minimum absolute atomic E-state index is 0.0513. The van der Waals surface area contributed by atoms with Crippen molar-refractivity contribution in [1.82, 2.24) is 0 Å². The zero-order valence-corrected chi connectivity index (χ0v) is 15.6. The standard InChI is InChI=1S/C23H24O5/c24-22(25)20-18(15-8-3-1-4-9-15)21(19(20)16-10-5-2-6-11-16)23(26)28-14-17-12-7-13-27-17/h1-6,8-11,17-21H,7,12-14H2,(H,24,25)/t17-,18-,19+,20?,21?/m0/s1. The van der Waals surface area contributed by atoms with Crippen LogP contribution in [-0.4, -0.2) is 36.4 Å². The zero-order valence-electron chi connectivity index (χ0n) is 15.6. The molecule has 1 N–H and O–H groups in total. The van der Waals surface area contributed by atoms with Gasteiger partial charge in [-0.1, -0.05) is 60.7 Å². The van der Waals surface area contributed by atoms with E-state index in [4.69, 9.17) is 9.47 Å². The summed E-state index contributed by atoms with van der Waals surface area (Å²) in [4.78, 5) is 25.2. The molecule has 0 radical (unpaired) electrons. The number of benzene rings is 2. The highest BCUT2D eigenvalue weighted by atomic mass is 16.6. The van der Waals surface area contributed by atoms with Crippen LogP contribution < -0.4 is 0 Å². The number of aliphatic carboxylic acids is 1. The Morgan fingerprint density at radius 3 is 1.96 bits per heavy atom. The Hall–Kier alpha value is -2.66. The van der Waals surface area contributed by atoms with Crippen LogP contribution in [-0.2, 0) is 19.1 Å². The van der Waals surface area contributed by atoms with Gasteiger partial charge in [-0.3, -0.25) is 9.59 Å². The first-order valence-electron chi connectivity index (χ1n) is 9.77. The van der Waals surface area contributed by atoms with Gasteiger partial charge in [-0.2, -0.15) is 0 Å². The van der Waals surface area contributed by atoms with Crippen molar-refractivity contribution in [3.05, 3.63) is 71.8 Å². The Morgan fingerprint density at radius 1 is 0.929 bits per heavy atom. The van der Waals surface area contributed by atoms with Gasteiger partial charge in [-0.25, -0.2) is 0 Å². The molecule has 0 amide bonds. The Bertz CT molecular complexity index is 766. The molecule has 0 aromatic heterocycles. The molecule has 4 rings (SSSR count). The largest absolute Gasteiger partial charge is 0.481 e. The maximum Gasteiger partial charge on any atom is 0.310 e. The van der Waals surface area contributed by atoms with Crippen LogP contribution in [0.2, 0.25) is 0 Å². The summed E-state index contributed by atoms with van der Waals surface area (Å²) < 4.78 is 11.2. The highest BCUT2D eigenvalue weighted by molar-refractivity contribution is 5.84. The third-order valence-electron chi connectivity index (χ3n) is 5.91. The molecular formula is C23H24O5. The smallest absolute Gasteiger partial charge is 0.310 e. The number of rotatable bonds is 6. The first kappa shape index (κ1) is 18.7. The summed E-state index contributed by atoms with van der Waals surface area (Å²) in [6, 6.07) is 18.8. The zero-order chi connectivity index (χ0) is 19.5. The van der Waals surface area contributed by atoms with Gasteiger partial charge in [0, 0.05) is 18.4 Å². The van der Waals surface area contributed by atoms with Gasteiger partial charge in [0.25, 0.3) is 0 Å². The molecule has 0 spiro atoms. The molecule has 2 aromatic carbocycles. The molecule has 0 bridgehead atoms. The maximum absolute atomic E-state index is 13.0. The number of esters is 1. The summed E-state index contributed by atoms with van der Waals surface area (Å²) in [5, 5.41) is 9.93. The molecule has 2 unspecified atom stereocenters. The van der Waals surface area contributed by atoms with Gasteiger partial charge in [-0.05, 0) is 24.0 Å². The molecule has 2 aromatic rings. The SMILES string of the molecule is O=C(O)C1[C@@H](c2ccccc2)C(C(=O)OC[C@@H]2CCCO2)[C@H]1c1ccccc1. The summed E-state index contributed by atoms with van der Waals surface area (Å²) in [5.41, 5.74) is 1.72. The lowest BCUT2D eigenvalue weighted by Crippen LogP contribution is -2.51. The summed E-state index contributed by atoms with van der Waals surface area (Å²) in [6.45, 7) is 0.933. The van der Waals surface area contributed by atoms with Crippen LogP contribution in [0, 0.1) is 11.8 Å². The number of carbonyl (C=O) groups is 2. The van der Waals surface area contributed by atoms with E-state index in [1.54, 1.807) is 0 Å². The average Bonchev–Trinajstić information content (AvgIpc) is 3.21. The second-order valence-corrected chi connectivity index (χ2v) is 7.53. The van der Waals surface area contributed by atoms with Gasteiger partial charge >= 0.3 is 11.9 Å². The fourth-order valence-electron chi connectivity index (χ4n) is 4.58. The van der Waals surface area contributed by atoms with Crippen LogP contribution in [0.15, 0.2) is 60.7 Å². The van der Waals surface area contributed by atoms with E-state index in [0.717, 1.165) is 24.0 Å². The lowest BCUT2D eigenvalue weighted by molar-refractivity contribution is -0.166. The van der Waals surface area contributed by atoms with Crippen molar-refractivity contribution >= 4 is 11.9 Å². The monoisotopic (exact) mass is 380 g/mol. The fraction of sp³-hybridized carbons (Fsp3) is 0.391. The minimum atomic E-state index is -0.883. The van der Waals surface area contributed by atoms with Crippen LogP contribution in [0.25, 0.3) is 0 Å². The van der Waals surface area contributed by atoms with E-state index in [1.807, 2.05) is 60.7 Å². The molecular weight excluding hydrogens is 356 g/mol. The van der Waals surface area contributed by atoms with Crippen molar-refractivity contribution in [3.63, 3.8) is 0 Å². The molecule has 5 atom stereocenters. The predicted octanol–water partition coefficient (Wildman–Crippen LogP) is 3.61.